The number of rotatable bonds is 6. The highest BCUT2D eigenvalue weighted by Crippen LogP contribution is 2.31. The molecule has 1 fully saturated rings. The summed E-state index contributed by atoms with van der Waals surface area (Å²) in [7, 11) is -2.27. The number of sulfone groups is 1. The molecule has 8 heteroatoms. The van der Waals surface area contributed by atoms with Crippen molar-refractivity contribution in [2.75, 3.05) is 26.0 Å². The molecule has 0 spiro atoms. The minimum Gasteiger partial charge on any atom is -0.495 e. The van der Waals surface area contributed by atoms with Crippen molar-refractivity contribution >= 4 is 15.7 Å². The second-order valence-electron chi connectivity index (χ2n) is 6.35. The Labute approximate surface area is 152 Å². The van der Waals surface area contributed by atoms with Gasteiger partial charge in [-0.3, -0.25) is 4.79 Å². The van der Waals surface area contributed by atoms with Crippen LogP contribution in [0.3, 0.4) is 0 Å². The number of likely N-dealkylation sites (tertiary alicyclic amines) is 1. The number of benzene rings is 1. The lowest BCUT2D eigenvalue weighted by atomic mass is 10.1. The molecule has 0 saturated carbocycles. The highest BCUT2D eigenvalue weighted by Gasteiger charge is 2.25. The lowest BCUT2D eigenvalue weighted by molar-refractivity contribution is -0.129. The van der Waals surface area contributed by atoms with Gasteiger partial charge in [-0.05, 0) is 38.0 Å². The molecule has 2 aromatic rings. The Morgan fingerprint density at radius 2 is 2.00 bits per heavy atom. The van der Waals surface area contributed by atoms with Crippen LogP contribution in [0.5, 0.6) is 5.75 Å². The molecule has 0 unspecified atom stereocenters. The highest BCUT2D eigenvalue weighted by atomic mass is 32.2. The average Bonchev–Trinajstić information content (AvgIpc) is 3.31. The van der Waals surface area contributed by atoms with Crippen molar-refractivity contribution in [3.05, 3.63) is 30.0 Å². The average molecular weight is 378 g/mol. The predicted octanol–water partition coefficient (Wildman–Crippen LogP) is 2.44. The normalized spacial score (nSPS) is 14.6. The Hall–Kier alpha value is -2.35. The molecular weight excluding hydrogens is 356 g/mol. The minimum absolute atomic E-state index is 0.0306. The van der Waals surface area contributed by atoms with Gasteiger partial charge in [0.2, 0.25) is 5.91 Å². The maximum absolute atomic E-state index is 12.8. The maximum atomic E-state index is 12.8. The number of ether oxygens (including phenoxy) is 1. The molecular formula is C18H22N2O5S. The van der Waals surface area contributed by atoms with Gasteiger partial charge in [0.1, 0.15) is 10.6 Å². The molecule has 0 aliphatic carbocycles. The van der Waals surface area contributed by atoms with Crippen LogP contribution in [-0.2, 0) is 14.6 Å². The van der Waals surface area contributed by atoms with E-state index >= 15 is 0 Å². The third-order valence-electron chi connectivity index (χ3n) is 4.45. The van der Waals surface area contributed by atoms with Crippen LogP contribution in [0.25, 0.3) is 11.3 Å². The molecule has 0 atom stereocenters. The number of carbonyl (C=O) groups is 1. The van der Waals surface area contributed by atoms with E-state index in [9.17, 15) is 13.2 Å². The molecule has 1 aromatic carbocycles. The van der Waals surface area contributed by atoms with E-state index in [1.165, 1.54) is 13.2 Å². The van der Waals surface area contributed by atoms with Crippen LogP contribution in [0.1, 0.15) is 25.0 Å². The number of amides is 1. The van der Waals surface area contributed by atoms with Gasteiger partial charge >= 0.3 is 0 Å². The molecule has 7 nitrogen and oxygen atoms in total. The number of nitrogens with zero attached hydrogens (tertiary/aromatic N) is 2. The van der Waals surface area contributed by atoms with Crippen molar-refractivity contribution in [2.45, 2.75) is 31.1 Å². The van der Waals surface area contributed by atoms with Gasteiger partial charge in [0.05, 0.1) is 18.6 Å². The molecule has 26 heavy (non-hydrogen) atoms. The van der Waals surface area contributed by atoms with E-state index < -0.39 is 9.84 Å². The zero-order valence-corrected chi connectivity index (χ0v) is 15.7. The van der Waals surface area contributed by atoms with E-state index in [0.717, 1.165) is 12.8 Å². The third kappa shape index (κ3) is 3.90. The summed E-state index contributed by atoms with van der Waals surface area (Å²) >= 11 is 0. The van der Waals surface area contributed by atoms with Crippen LogP contribution in [0.4, 0.5) is 0 Å². The number of hydrogen-bond donors (Lipinski definition) is 0. The largest absolute Gasteiger partial charge is 0.495 e. The summed E-state index contributed by atoms with van der Waals surface area (Å²) in [5, 5.41) is 3.83. The maximum Gasteiger partial charge on any atom is 0.223 e. The number of aromatic nitrogens is 1. The topological polar surface area (TPSA) is 89.7 Å². The Morgan fingerprint density at radius 3 is 2.62 bits per heavy atom. The number of aryl methyl sites for hydroxylation is 1. The van der Waals surface area contributed by atoms with Crippen molar-refractivity contribution in [3.63, 3.8) is 0 Å². The van der Waals surface area contributed by atoms with Crippen molar-refractivity contribution in [3.8, 4) is 17.1 Å². The second kappa shape index (κ2) is 7.49. The van der Waals surface area contributed by atoms with E-state index in [1.54, 1.807) is 30.0 Å². The zero-order valence-electron chi connectivity index (χ0n) is 14.9. The second-order valence-corrected chi connectivity index (χ2v) is 8.43. The van der Waals surface area contributed by atoms with E-state index in [2.05, 4.69) is 5.16 Å². The lowest BCUT2D eigenvalue weighted by Crippen LogP contribution is -2.29. The molecule has 0 N–H and O–H groups in total. The molecule has 1 aromatic heterocycles. The number of carbonyl (C=O) groups excluding carboxylic acids is 1. The molecule has 1 saturated heterocycles. The van der Waals surface area contributed by atoms with Gasteiger partial charge in [0.25, 0.3) is 0 Å². The first-order valence-electron chi connectivity index (χ1n) is 8.53. The molecule has 0 radical (unpaired) electrons. The standard InChI is InChI=1S/C18H22N2O5S/c1-13-11-16(25-19-13)14-5-6-15(24-2)17(12-14)26(22,23)10-7-18(21)20-8-3-4-9-20/h5-6,11-12H,3-4,7-10H2,1-2H3. The van der Waals surface area contributed by atoms with Crippen LogP contribution >= 0.6 is 0 Å². The number of methoxy groups -OCH3 is 1. The molecule has 3 rings (SSSR count). The number of hydrogen-bond acceptors (Lipinski definition) is 6. The van der Waals surface area contributed by atoms with Gasteiger partial charge in [0, 0.05) is 31.1 Å². The van der Waals surface area contributed by atoms with Crippen LogP contribution in [0.2, 0.25) is 0 Å². The van der Waals surface area contributed by atoms with Crippen molar-refractivity contribution in [2.24, 2.45) is 0 Å². The summed E-state index contributed by atoms with van der Waals surface area (Å²) in [5.74, 6) is 0.359. The van der Waals surface area contributed by atoms with Gasteiger partial charge in [-0.1, -0.05) is 5.16 Å². The first-order chi connectivity index (χ1) is 12.4. The summed E-state index contributed by atoms with van der Waals surface area (Å²) in [4.78, 5) is 14.0. The monoisotopic (exact) mass is 378 g/mol. The molecule has 1 amide bonds. The fourth-order valence-corrected chi connectivity index (χ4v) is 4.46. The molecule has 1 aliphatic heterocycles. The van der Waals surface area contributed by atoms with Crippen molar-refractivity contribution in [1.82, 2.24) is 10.1 Å². The lowest BCUT2D eigenvalue weighted by Gasteiger charge is -2.15. The van der Waals surface area contributed by atoms with E-state index in [4.69, 9.17) is 9.26 Å². The van der Waals surface area contributed by atoms with Crippen LogP contribution in [-0.4, -0.2) is 50.3 Å². The molecule has 140 valence electrons. The van der Waals surface area contributed by atoms with Gasteiger partial charge < -0.3 is 14.2 Å². The smallest absolute Gasteiger partial charge is 0.223 e. The van der Waals surface area contributed by atoms with Gasteiger partial charge in [-0.15, -0.1) is 0 Å². The SMILES string of the molecule is COc1ccc(-c2cc(C)no2)cc1S(=O)(=O)CCC(=O)N1CCCC1. The van der Waals surface area contributed by atoms with Crippen LogP contribution in [0.15, 0.2) is 33.7 Å². The summed E-state index contributed by atoms with van der Waals surface area (Å²) in [6.45, 7) is 3.21. The summed E-state index contributed by atoms with van der Waals surface area (Å²) in [6, 6.07) is 6.54. The minimum atomic E-state index is -3.69. The Kier molecular flexibility index (Phi) is 5.31. The van der Waals surface area contributed by atoms with E-state index in [1.807, 2.05) is 0 Å². The summed E-state index contributed by atoms with van der Waals surface area (Å²) in [5.41, 5.74) is 1.30. The first kappa shape index (κ1) is 18.4. The van der Waals surface area contributed by atoms with Crippen molar-refractivity contribution < 1.29 is 22.5 Å². The quantitative estimate of drug-likeness (QED) is 0.767. The van der Waals surface area contributed by atoms with Gasteiger partial charge in [0.15, 0.2) is 15.6 Å². The highest BCUT2D eigenvalue weighted by molar-refractivity contribution is 7.91. The predicted molar refractivity (Wildman–Crippen MR) is 95.7 cm³/mol. The fraction of sp³-hybridized carbons (Fsp3) is 0.444. The van der Waals surface area contributed by atoms with E-state index in [-0.39, 0.29) is 28.7 Å². The van der Waals surface area contributed by atoms with Gasteiger partial charge in [-0.2, -0.15) is 0 Å². The zero-order chi connectivity index (χ0) is 18.7. The van der Waals surface area contributed by atoms with Crippen molar-refractivity contribution in [1.29, 1.82) is 0 Å². The van der Waals surface area contributed by atoms with Crippen LogP contribution < -0.4 is 4.74 Å². The molecule has 1 aliphatic rings. The van der Waals surface area contributed by atoms with E-state index in [0.29, 0.717) is 30.1 Å². The Bertz CT molecular complexity index is 898. The fourth-order valence-electron chi connectivity index (χ4n) is 3.03. The molecule has 0 bridgehead atoms. The first-order valence-corrected chi connectivity index (χ1v) is 10.2. The summed E-state index contributed by atoms with van der Waals surface area (Å²) < 4.78 is 36.1. The Morgan fingerprint density at radius 1 is 1.27 bits per heavy atom. The third-order valence-corrected chi connectivity index (χ3v) is 6.19. The van der Waals surface area contributed by atoms with Crippen LogP contribution in [0, 0.1) is 6.92 Å². The Balaban J connectivity index is 1.84. The van der Waals surface area contributed by atoms with Gasteiger partial charge in [-0.25, -0.2) is 8.42 Å². The molecule has 2 heterocycles. The summed E-state index contributed by atoms with van der Waals surface area (Å²) in [6.07, 6.45) is 1.92.